The molecule has 4 rings (SSSR count). The number of amides is 2. The van der Waals surface area contributed by atoms with E-state index in [1.807, 2.05) is 30.5 Å². The van der Waals surface area contributed by atoms with E-state index in [1.165, 1.54) is 6.33 Å². The molecule has 162 valence electrons. The molecule has 0 aliphatic rings. The molecule has 0 bridgehead atoms. The van der Waals surface area contributed by atoms with E-state index in [1.54, 1.807) is 55.9 Å². The van der Waals surface area contributed by atoms with E-state index in [4.69, 9.17) is 9.47 Å². The van der Waals surface area contributed by atoms with Crippen LogP contribution in [0.4, 0.5) is 16.2 Å². The largest absolute Gasteiger partial charge is 0.495 e. The molecule has 9 nitrogen and oxygen atoms in total. The number of urea groups is 1. The van der Waals surface area contributed by atoms with Crippen LogP contribution in [-0.4, -0.2) is 32.7 Å². The highest BCUT2D eigenvalue weighted by molar-refractivity contribution is 6.00. The number of para-hydroxylation sites is 2. The maximum absolute atomic E-state index is 12.3. The van der Waals surface area contributed by atoms with Crippen LogP contribution in [0.15, 0.2) is 67.3 Å². The highest BCUT2D eigenvalue weighted by Crippen LogP contribution is 2.25. The van der Waals surface area contributed by atoms with Gasteiger partial charge in [0.2, 0.25) is 5.88 Å². The molecule has 0 saturated heterocycles. The average Bonchev–Trinajstić information content (AvgIpc) is 3.14. The highest BCUT2D eigenvalue weighted by Gasteiger charge is 2.09. The Kier molecular flexibility index (Phi) is 5.98. The normalized spacial score (nSPS) is 10.5. The molecule has 2 amide bonds. The first kappa shape index (κ1) is 20.9. The Hall–Kier alpha value is -4.40. The number of imidazole rings is 1. The van der Waals surface area contributed by atoms with Crippen molar-refractivity contribution in [1.29, 1.82) is 0 Å². The van der Waals surface area contributed by atoms with Crippen LogP contribution in [0.1, 0.15) is 11.4 Å². The van der Waals surface area contributed by atoms with Gasteiger partial charge in [-0.2, -0.15) is 0 Å². The number of methoxy groups -OCH3 is 1. The number of nitrogens with one attached hydrogen (secondary N) is 2. The van der Waals surface area contributed by atoms with Crippen LogP contribution in [0.25, 0.3) is 5.82 Å². The smallest absolute Gasteiger partial charge is 0.323 e. The van der Waals surface area contributed by atoms with Gasteiger partial charge in [-0.15, -0.1) is 0 Å². The first-order valence-electron chi connectivity index (χ1n) is 9.85. The van der Waals surface area contributed by atoms with Crippen LogP contribution in [0.5, 0.6) is 17.4 Å². The topological polar surface area (TPSA) is 103 Å². The molecule has 2 N–H and O–H groups in total. The van der Waals surface area contributed by atoms with E-state index in [0.29, 0.717) is 34.6 Å². The summed E-state index contributed by atoms with van der Waals surface area (Å²) in [6.07, 6.45) is 3.16. The van der Waals surface area contributed by atoms with Crippen molar-refractivity contribution in [2.24, 2.45) is 0 Å². The highest BCUT2D eigenvalue weighted by atomic mass is 16.5. The van der Waals surface area contributed by atoms with Gasteiger partial charge in [0.05, 0.1) is 18.5 Å². The molecule has 0 radical (unpaired) electrons. The minimum Gasteiger partial charge on any atom is -0.495 e. The molecule has 0 aliphatic carbocycles. The van der Waals surface area contributed by atoms with Gasteiger partial charge in [-0.25, -0.2) is 19.7 Å². The molecule has 0 unspecified atom stereocenters. The number of hydrogen-bond acceptors (Lipinski definition) is 6. The third-order valence-corrected chi connectivity index (χ3v) is 4.82. The van der Waals surface area contributed by atoms with Crippen LogP contribution in [0.2, 0.25) is 0 Å². The number of nitrogens with zero attached hydrogens (tertiary/aromatic N) is 4. The summed E-state index contributed by atoms with van der Waals surface area (Å²) in [6, 6.07) is 15.5. The molecule has 0 fully saturated rings. The molecule has 2 aromatic heterocycles. The minimum absolute atomic E-state index is 0.380. The van der Waals surface area contributed by atoms with Crippen molar-refractivity contribution in [3.63, 3.8) is 0 Å². The lowest BCUT2D eigenvalue weighted by Gasteiger charge is -2.11. The van der Waals surface area contributed by atoms with Gasteiger partial charge in [0.15, 0.2) is 0 Å². The van der Waals surface area contributed by atoms with Gasteiger partial charge < -0.3 is 20.1 Å². The van der Waals surface area contributed by atoms with Gasteiger partial charge in [0.1, 0.15) is 30.0 Å². The van der Waals surface area contributed by atoms with Crippen molar-refractivity contribution in [3.05, 3.63) is 78.6 Å². The zero-order chi connectivity index (χ0) is 22.5. The lowest BCUT2D eigenvalue weighted by Crippen LogP contribution is -2.19. The number of carbonyl (C=O) groups is 1. The Balaban J connectivity index is 1.40. The monoisotopic (exact) mass is 430 g/mol. The maximum atomic E-state index is 12.3. The number of carbonyl (C=O) groups excluding carboxylic acids is 1. The van der Waals surface area contributed by atoms with Gasteiger partial charge in [-0.3, -0.25) is 4.57 Å². The standard InChI is InChI=1S/C23H22N6O3/c1-15-16(2)29(14-26-15)21-12-22(25-13-24-21)32-18-10-8-17(9-11-18)27-23(30)28-19-6-4-5-7-20(19)31-3/h4-14H,1-3H3,(H2,27,28,30). The Morgan fingerprint density at radius 3 is 2.47 bits per heavy atom. The summed E-state index contributed by atoms with van der Waals surface area (Å²) in [5, 5.41) is 5.54. The van der Waals surface area contributed by atoms with E-state index >= 15 is 0 Å². The van der Waals surface area contributed by atoms with Crippen molar-refractivity contribution in [2.45, 2.75) is 13.8 Å². The van der Waals surface area contributed by atoms with Crippen LogP contribution >= 0.6 is 0 Å². The number of ether oxygens (including phenoxy) is 2. The molecule has 4 aromatic rings. The first-order chi connectivity index (χ1) is 15.5. The summed E-state index contributed by atoms with van der Waals surface area (Å²) >= 11 is 0. The number of benzene rings is 2. The molecule has 0 aliphatic heterocycles. The third-order valence-electron chi connectivity index (χ3n) is 4.82. The second-order valence-electron chi connectivity index (χ2n) is 6.91. The second kappa shape index (κ2) is 9.17. The lowest BCUT2D eigenvalue weighted by molar-refractivity contribution is 0.262. The molecule has 0 spiro atoms. The van der Waals surface area contributed by atoms with Gasteiger partial charge in [-0.1, -0.05) is 12.1 Å². The molecule has 2 aromatic carbocycles. The Bertz CT molecular complexity index is 1240. The molecule has 2 heterocycles. The van der Waals surface area contributed by atoms with Crippen molar-refractivity contribution in [3.8, 4) is 23.2 Å². The van der Waals surface area contributed by atoms with Gasteiger partial charge in [0, 0.05) is 17.4 Å². The molecule has 9 heteroatoms. The van der Waals surface area contributed by atoms with Crippen LogP contribution in [-0.2, 0) is 0 Å². The molecular formula is C23H22N6O3. The molecular weight excluding hydrogens is 408 g/mol. The number of anilines is 2. The fraction of sp³-hybridized carbons (Fsp3) is 0.130. The molecule has 32 heavy (non-hydrogen) atoms. The number of aryl methyl sites for hydroxylation is 1. The summed E-state index contributed by atoms with van der Waals surface area (Å²) < 4.78 is 13.0. The maximum Gasteiger partial charge on any atom is 0.323 e. The minimum atomic E-state index is -0.380. The quantitative estimate of drug-likeness (QED) is 0.459. The van der Waals surface area contributed by atoms with Crippen LogP contribution in [0.3, 0.4) is 0 Å². The third kappa shape index (κ3) is 4.67. The van der Waals surface area contributed by atoms with Gasteiger partial charge in [0.25, 0.3) is 0 Å². The van der Waals surface area contributed by atoms with E-state index in [-0.39, 0.29) is 6.03 Å². The summed E-state index contributed by atoms with van der Waals surface area (Å²) in [6.45, 7) is 3.91. The number of hydrogen-bond donors (Lipinski definition) is 2. The number of aromatic nitrogens is 4. The average molecular weight is 430 g/mol. The lowest BCUT2D eigenvalue weighted by atomic mass is 10.3. The second-order valence-corrected chi connectivity index (χ2v) is 6.91. The Labute approximate surface area is 185 Å². The van der Waals surface area contributed by atoms with Crippen LogP contribution in [0, 0.1) is 13.8 Å². The van der Waals surface area contributed by atoms with E-state index in [0.717, 1.165) is 11.4 Å². The summed E-state index contributed by atoms with van der Waals surface area (Å²) in [5.74, 6) is 2.22. The Morgan fingerprint density at radius 2 is 1.75 bits per heavy atom. The van der Waals surface area contributed by atoms with E-state index in [2.05, 4.69) is 25.6 Å². The summed E-state index contributed by atoms with van der Waals surface area (Å²) in [7, 11) is 1.55. The van der Waals surface area contributed by atoms with Gasteiger partial charge in [-0.05, 0) is 50.2 Å². The molecule has 0 saturated carbocycles. The zero-order valence-electron chi connectivity index (χ0n) is 17.9. The van der Waals surface area contributed by atoms with Crippen molar-refractivity contribution < 1.29 is 14.3 Å². The van der Waals surface area contributed by atoms with Crippen molar-refractivity contribution >= 4 is 17.4 Å². The van der Waals surface area contributed by atoms with Crippen molar-refractivity contribution in [2.75, 3.05) is 17.7 Å². The molecule has 0 atom stereocenters. The number of rotatable bonds is 6. The van der Waals surface area contributed by atoms with Crippen LogP contribution < -0.4 is 20.1 Å². The summed E-state index contributed by atoms with van der Waals surface area (Å²) in [4.78, 5) is 25.0. The fourth-order valence-electron chi connectivity index (χ4n) is 3.01. The first-order valence-corrected chi connectivity index (χ1v) is 9.85. The Morgan fingerprint density at radius 1 is 0.969 bits per heavy atom. The predicted octanol–water partition coefficient (Wildman–Crippen LogP) is 4.72. The zero-order valence-corrected chi connectivity index (χ0v) is 17.9. The summed E-state index contributed by atoms with van der Waals surface area (Å²) in [5.41, 5.74) is 3.12. The predicted molar refractivity (Wildman–Crippen MR) is 121 cm³/mol. The van der Waals surface area contributed by atoms with E-state index in [9.17, 15) is 4.79 Å². The van der Waals surface area contributed by atoms with Gasteiger partial charge >= 0.3 is 6.03 Å². The van der Waals surface area contributed by atoms with E-state index < -0.39 is 0 Å². The fourth-order valence-corrected chi connectivity index (χ4v) is 3.01. The van der Waals surface area contributed by atoms with Crippen molar-refractivity contribution in [1.82, 2.24) is 19.5 Å². The SMILES string of the molecule is COc1ccccc1NC(=O)Nc1ccc(Oc2cc(-n3cnc(C)c3C)ncn2)cc1.